The quantitative estimate of drug-likeness (QED) is 0.614. The number of hydrogen-bond acceptors (Lipinski definition) is 3. The fourth-order valence-corrected chi connectivity index (χ4v) is 2.92. The summed E-state index contributed by atoms with van der Waals surface area (Å²) < 4.78 is 1.15. The average molecular weight is 332 g/mol. The van der Waals surface area contributed by atoms with Gasteiger partial charge >= 0.3 is 0 Å². The van der Waals surface area contributed by atoms with Crippen LogP contribution in [0.2, 0.25) is 0 Å². The Hall–Kier alpha value is -0.0300. The highest BCUT2D eigenvalue weighted by Gasteiger charge is 2.10. The van der Waals surface area contributed by atoms with E-state index in [9.17, 15) is 0 Å². The Balaban J connectivity index is 2.56. The lowest BCUT2D eigenvalue weighted by atomic mass is 10.1. The fraction of sp³-hybridized carbons (Fsp3) is 0.571. The summed E-state index contributed by atoms with van der Waals surface area (Å²) in [6.07, 6.45) is 0.843. The van der Waals surface area contributed by atoms with Gasteiger partial charge in [0.25, 0.3) is 0 Å². The zero-order valence-electron chi connectivity index (χ0n) is 11.3. The number of hydrogen-bond donors (Lipinski definition) is 2. The third kappa shape index (κ3) is 6.23. The Kier molecular flexibility index (Phi) is 6.71. The third-order valence-corrected chi connectivity index (χ3v) is 4.22. The van der Waals surface area contributed by atoms with E-state index in [1.54, 1.807) is 11.8 Å². The molecule has 2 N–H and O–H groups in total. The van der Waals surface area contributed by atoms with Gasteiger partial charge in [-0.2, -0.15) is 0 Å². The number of halogens is 1. The lowest BCUT2D eigenvalue weighted by molar-refractivity contribution is 0.296. The lowest BCUT2D eigenvalue weighted by Gasteiger charge is -2.21. The molecule has 0 saturated carbocycles. The number of nitrogens with one attached hydrogen (secondary N) is 1. The minimum atomic E-state index is 0.133. The molecule has 0 fully saturated rings. The predicted octanol–water partition coefficient (Wildman–Crippen LogP) is 3.81. The fourth-order valence-electron chi connectivity index (χ4n) is 1.38. The van der Waals surface area contributed by atoms with Crippen molar-refractivity contribution in [2.75, 3.05) is 12.4 Å². The van der Waals surface area contributed by atoms with Gasteiger partial charge in [0.15, 0.2) is 0 Å². The van der Waals surface area contributed by atoms with E-state index in [0.29, 0.717) is 0 Å². The maximum Gasteiger partial charge on any atom is 0.0439 e. The van der Waals surface area contributed by atoms with Crippen LogP contribution >= 0.6 is 27.7 Å². The molecule has 1 aromatic carbocycles. The van der Waals surface area contributed by atoms with Crippen molar-refractivity contribution in [3.63, 3.8) is 0 Å². The van der Waals surface area contributed by atoms with Crippen LogP contribution in [0.3, 0.4) is 0 Å². The van der Waals surface area contributed by atoms with E-state index in [4.69, 9.17) is 5.11 Å². The molecular weight excluding hydrogens is 310 g/mol. The summed E-state index contributed by atoms with van der Waals surface area (Å²) in [5.74, 6) is 0.961. The lowest BCUT2D eigenvalue weighted by Crippen LogP contribution is -2.35. The van der Waals surface area contributed by atoms with Crippen LogP contribution in [0.25, 0.3) is 0 Å². The molecule has 0 amide bonds. The van der Waals surface area contributed by atoms with E-state index in [-0.39, 0.29) is 12.1 Å². The molecular formula is C14H22BrNOS. The first kappa shape index (κ1) is 16.0. The van der Waals surface area contributed by atoms with Crippen LogP contribution < -0.4 is 5.32 Å². The monoisotopic (exact) mass is 331 g/mol. The van der Waals surface area contributed by atoms with Crippen molar-refractivity contribution in [3.05, 3.63) is 28.2 Å². The summed E-state index contributed by atoms with van der Waals surface area (Å²) in [6, 6.07) is 6.46. The summed E-state index contributed by atoms with van der Waals surface area (Å²) in [7, 11) is 0. The van der Waals surface area contributed by atoms with Gasteiger partial charge in [-0.15, -0.1) is 11.8 Å². The van der Waals surface area contributed by atoms with Crippen molar-refractivity contribution in [1.29, 1.82) is 0 Å². The maximum atomic E-state index is 8.76. The molecule has 1 aromatic rings. The van der Waals surface area contributed by atoms with Crippen LogP contribution in [0.5, 0.6) is 0 Å². The Morgan fingerprint density at radius 2 is 2.06 bits per heavy atom. The van der Waals surface area contributed by atoms with E-state index < -0.39 is 0 Å². The highest BCUT2D eigenvalue weighted by molar-refractivity contribution is 9.10. The zero-order valence-corrected chi connectivity index (χ0v) is 13.7. The molecule has 18 heavy (non-hydrogen) atoms. The van der Waals surface area contributed by atoms with Crippen molar-refractivity contribution >= 4 is 27.7 Å². The summed E-state index contributed by atoms with van der Waals surface area (Å²) in [5, 5.41) is 12.2. The standard InChI is InChI=1S/C14H22BrNOS/c1-14(2,3)16-10-11-5-6-12(9-13(11)15)18-8-4-7-17/h5-6,9,16-17H,4,7-8,10H2,1-3H3. The summed E-state index contributed by atoms with van der Waals surface area (Å²) in [6.45, 7) is 7.63. The first-order chi connectivity index (χ1) is 8.42. The first-order valence-electron chi connectivity index (χ1n) is 6.19. The number of benzene rings is 1. The molecule has 4 heteroatoms. The molecule has 0 aliphatic rings. The van der Waals surface area contributed by atoms with E-state index in [1.807, 2.05) is 0 Å². The molecule has 0 spiro atoms. The van der Waals surface area contributed by atoms with E-state index >= 15 is 0 Å². The second kappa shape index (κ2) is 7.53. The van der Waals surface area contributed by atoms with Crippen molar-refractivity contribution in [1.82, 2.24) is 5.32 Å². The molecule has 0 saturated heterocycles. The maximum absolute atomic E-state index is 8.76. The molecule has 0 aliphatic carbocycles. The number of aliphatic hydroxyl groups excluding tert-OH is 1. The molecule has 0 aromatic heterocycles. The molecule has 2 nitrogen and oxygen atoms in total. The largest absolute Gasteiger partial charge is 0.396 e. The van der Waals surface area contributed by atoms with Gasteiger partial charge in [-0.25, -0.2) is 0 Å². The van der Waals surface area contributed by atoms with Crippen LogP contribution in [0.15, 0.2) is 27.6 Å². The minimum Gasteiger partial charge on any atom is -0.396 e. The summed E-state index contributed by atoms with van der Waals surface area (Å²) >= 11 is 5.40. The molecule has 0 aliphatic heterocycles. The Bertz CT molecular complexity index is 377. The first-order valence-corrected chi connectivity index (χ1v) is 7.97. The van der Waals surface area contributed by atoms with Gasteiger partial charge in [-0.05, 0) is 44.9 Å². The van der Waals surface area contributed by atoms with Crippen LogP contribution in [0, 0.1) is 0 Å². The van der Waals surface area contributed by atoms with Crippen molar-refractivity contribution in [2.45, 2.75) is 44.2 Å². The molecule has 0 bridgehead atoms. The number of thioether (sulfide) groups is 1. The van der Waals surface area contributed by atoms with Gasteiger partial charge in [0.05, 0.1) is 0 Å². The molecule has 0 radical (unpaired) electrons. The molecule has 102 valence electrons. The summed E-state index contributed by atoms with van der Waals surface area (Å²) in [4.78, 5) is 1.25. The van der Waals surface area contributed by atoms with Crippen LogP contribution in [-0.2, 0) is 6.54 Å². The Labute approximate surface area is 123 Å². The van der Waals surface area contributed by atoms with Gasteiger partial charge in [0, 0.05) is 33.8 Å². The normalized spacial score (nSPS) is 11.8. The van der Waals surface area contributed by atoms with Gasteiger partial charge in [-0.1, -0.05) is 22.0 Å². The average Bonchev–Trinajstić information content (AvgIpc) is 2.27. The van der Waals surface area contributed by atoms with Crippen LogP contribution in [-0.4, -0.2) is 23.0 Å². The smallest absolute Gasteiger partial charge is 0.0439 e. The van der Waals surface area contributed by atoms with E-state index in [2.05, 4.69) is 60.2 Å². The SMILES string of the molecule is CC(C)(C)NCc1ccc(SCCCO)cc1Br. The molecule has 0 atom stereocenters. The number of rotatable bonds is 6. The van der Waals surface area contributed by atoms with Crippen LogP contribution in [0.4, 0.5) is 0 Å². The molecule has 1 rings (SSSR count). The predicted molar refractivity (Wildman–Crippen MR) is 83.2 cm³/mol. The van der Waals surface area contributed by atoms with Gasteiger partial charge < -0.3 is 10.4 Å². The zero-order chi connectivity index (χ0) is 13.6. The highest BCUT2D eigenvalue weighted by atomic mass is 79.9. The Morgan fingerprint density at radius 3 is 2.61 bits per heavy atom. The van der Waals surface area contributed by atoms with E-state index in [1.165, 1.54) is 10.5 Å². The molecule has 0 heterocycles. The van der Waals surface area contributed by atoms with Gasteiger partial charge in [-0.3, -0.25) is 0 Å². The highest BCUT2D eigenvalue weighted by Crippen LogP contribution is 2.26. The van der Waals surface area contributed by atoms with Crippen molar-refractivity contribution in [2.24, 2.45) is 0 Å². The van der Waals surface area contributed by atoms with Crippen molar-refractivity contribution < 1.29 is 5.11 Å². The minimum absolute atomic E-state index is 0.133. The third-order valence-electron chi connectivity index (χ3n) is 2.40. The van der Waals surface area contributed by atoms with E-state index in [0.717, 1.165) is 23.2 Å². The second-order valence-corrected chi connectivity index (χ2v) is 7.31. The summed E-state index contributed by atoms with van der Waals surface area (Å²) in [5.41, 5.74) is 1.41. The molecule has 0 unspecified atom stereocenters. The van der Waals surface area contributed by atoms with Crippen molar-refractivity contribution in [3.8, 4) is 0 Å². The van der Waals surface area contributed by atoms with Crippen LogP contribution in [0.1, 0.15) is 32.8 Å². The van der Waals surface area contributed by atoms with Gasteiger partial charge in [0.1, 0.15) is 0 Å². The second-order valence-electron chi connectivity index (χ2n) is 5.28. The number of aliphatic hydroxyl groups is 1. The topological polar surface area (TPSA) is 32.3 Å². The Morgan fingerprint density at radius 1 is 1.33 bits per heavy atom. The van der Waals surface area contributed by atoms with Gasteiger partial charge in [0.2, 0.25) is 0 Å².